The fourth-order valence-electron chi connectivity index (χ4n) is 0.452. The Hall–Kier alpha value is -1.10. The summed E-state index contributed by atoms with van der Waals surface area (Å²) in [5, 5.41) is 19.8. The number of hydrogen-bond donors (Lipinski definition) is 1. The van der Waals surface area contributed by atoms with E-state index in [1.165, 1.54) is 6.92 Å². The minimum atomic E-state index is -1.23. The van der Waals surface area contributed by atoms with Crippen LogP contribution in [-0.4, -0.2) is 11.9 Å². The van der Waals surface area contributed by atoms with Crippen molar-refractivity contribution in [1.82, 2.24) is 6.15 Å². The zero-order chi connectivity index (χ0) is 8.15. The summed E-state index contributed by atoms with van der Waals surface area (Å²) >= 11 is 0. The van der Waals surface area contributed by atoms with Gasteiger partial charge in [0.25, 0.3) is 0 Å². The number of aliphatic carboxylic acids is 2. The van der Waals surface area contributed by atoms with Crippen LogP contribution in [0.4, 0.5) is 0 Å². The van der Waals surface area contributed by atoms with Crippen molar-refractivity contribution in [3.8, 4) is 0 Å². The van der Waals surface area contributed by atoms with Crippen molar-refractivity contribution in [1.29, 1.82) is 0 Å². The average molecular weight is 162 g/mol. The highest BCUT2D eigenvalue weighted by Gasteiger charge is 2.01. The van der Waals surface area contributed by atoms with Crippen LogP contribution in [0.5, 0.6) is 0 Å². The first-order chi connectivity index (χ1) is 4.54. The molecule has 5 heteroatoms. The van der Waals surface area contributed by atoms with Crippen molar-refractivity contribution in [2.24, 2.45) is 5.92 Å². The summed E-state index contributed by atoms with van der Waals surface area (Å²) in [5.74, 6) is -3.16. The first kappa shape index (κ1) is 12.6. The molecule has 0 fully saturated rings. The van der Waals surface area contributed by atoms with Gasteiger partial charge in [0, 0.05) is 11.9 Å². The third-order valence-corrected chi connectivity index (χ3v) is 1.18. The highest BCUT2D eigenvalue weighted by Crippen LogP contribution is 2.02. The van der Waals surface area contributed by atoms with Gasteiger partial charge in [-0.05, 0) is 18.8 Å². The van der Waals surface area contributed by atoms with E-state index in [1.54, 1.807) is 0 Å². The molecule has 0 aliphatic heterocycles. The predicted octanol–water partition coefficient (Wildman–Crippen LogP) is -1.72. The number of carboxylic acid groups (broad SMARTS) is 2. The molecule has 0 bridgehead atoms. The van der Waals surface area contributed by atoms with Gasteiger partial charge in [0.15, 0.2) is 0 Å². The van der Waals surface area contributed by atoms with Gasteiger partial charge in [0.05, 0.1) is 0 Å². The molecule has 66 valence electrons. The van der Waals surface area contributed by atoms with E-state index in [9.17, 15) is 19.8 Å². The van der Waals surface area contributed by atoms with Crippen molar-refractivity contribution in [2.45, 2.75) is 19.8 Å². The van der Waals surface area contributed by atoms with Gasteiger partial charge in [-0.25, -0.2) is 0 Å². The van der Waals surface area contributed by atoms with Gasteiger partial charge in [-0.15, -0.1) is 0 Å². The average Bonchev–Trinajstić information content (AvgIpc) is 1.82. The van der Waals surface area contributed by atoms with Crippen molar-refractivity contribution in [3.05, 3.63) is 0 Å². The van der Waals surface area contributed by atoms with Crippen molar-refractivity contribution in [3.63, 3.8) is 0 Å². The molecule has 0 saturated carbocycles. The Morgan fingerprint density at radius 3 is 2.09 bits per heavy atom. The van der Waals surface area contributed by atoms with E-state index in [4.69, 9.17) is 0 Å². The summed E-state index contributed by atoms with van der Waals surface area (Å²) < 4.78 is 0. The van der Waals surface area contributed by atoms with Gasteiger partial charge in [0.2, 0.25) is 0 Å². The van der Waals surface area contributed by atoms with Gasteiger partial charge in [-0.1, -0.05) is 6.92 Å². The highest BCUT2D eigenvalue weighted by atomic mass is 16.4. The molecule has 5 nitrogen and oxygen atoms in total. The Balaban J connectivity index is 0. The maximum atomic E-state index is 9.99. The van der Waals surface area contributed by atoms with Crippen LogP contribution in [0.15, 0.2) is 0 Å². The Labute approximate surface area is 64.6 Å². The molecule has 0 amide bonds. The van der Waals surface area contributed by atoms with Gasteiger partial charge in [-0.2, -0.15) is 0 Å². The molecule has 0 aliphatic carbocycles. The Bertz CT molecular complexity index is 146. The lowest BCUT2D eigenvalue weighted by Crippen LogP contribution is -2.31. The summed E-state index contributed by atoms with van der Waals surface area (Å²) in [5.41, 5.74) is 0. The summed E-state index contributed by atoms with van der Waals surface area (Å²) in [6.45, 7) is 1.40. The number of carboxylic acids is 2. The molecule has 0 aromatic rings. The van der Waals surface area contributed by atoms with E-state index in [-0.39, 0.29) is 19.0 Å². The summed E-state index contributed by atoms with van der Waals surface area (Å²) in [4.78, 5) is 19.8. The van der Waals surface area contributed by atoms with Crippen LogP contribution < -0.4 is 16.4 Å². The Morgan fingerprint density at radius 2 is 1.82 bits per heavy atom. The van der Waals surface area contributed by atoms with E-state index in [0.29, 0.717) is 0 Å². The summed E-state index contributed by atoms with van der Waals surface area (Å²) in [7, 11) is 0. The quantitative estimate of drug-likeness (QED) is 0.528. The zero-order valence-electron chi connectivity index (χ0n) is 6.62. The number of quaternary nitrogens is 1. The molecule has 4 N–H and O–H groups in total. The molecule has 0 saturated heterocycles. The largest absolute Gasteiger partial charge is 0.550 e. The van der Waals surface area contributed by atoms with E-state index < -0.39 is 17.9 Å². The molecule has 0 rings (SSSR count). The highest BCUT2D eigenvalue weighted by molar-refractivity contribution is 5.69. The molecule has 0 aromatic carbocycles. The Kier molecular flexibility index (Phi) is 6.47. The standard InChI is InChI=1S/C6H10O4.H3N/c1-4(6(9)10)2-3-5(7)8;/h4H,2-3H2,1H3,(H,7,8)(H,9,10);1H3/p-1. The third kappa shape index (κ3) is 6.79. The number of carbonyl (C=O) groups is 2. The molecule has 0 aromatic heterocycles. The number of rotatable bonds is 4. The number of carbonyl (C=O) groups excluding carboxylic acids is 2. The first-order valence-corrected chi connectivity index (χ1v) is 2.94. The first-order valence-electron chi connectivity index (χ1n) is 2.94. The molecule has 0 radical (unpaired) electrons. The fourth-order valence-corrected chi connectivity index (χ4v) is 0.452. The summed E-state index contributed by atoms with van der Waals surface area (Å²) in [6.07, 6.45) is -0.153. The second-order valence-corrected chi connectivity index (χ2v) is 2.13. The molecule has 1 atom stereocenters. The van der Waals surface area contributed by atoms with E-state index in [1.807, 2.05) is 0 Å². The summed E-state index contributed by atoms with van der Waals surface area (Å²) in [6, 6.07) is 0. The normalized spacial score (nSPS) is 11.4. The molecule has 0 heterocycles. The van der Waals surface area contributed by atoms with Gasteiger partial charge < -0.3 is 26.0 Å². The van der Waals surface area contributed by atoms with Crippen LogP contribution in [0.2, 0.25) is 0 Å². The maximum absolute atomic E-state index is 9.99. The van der Waals surface area contributed by atoms with Gasteiger partial charge in [0.1, 0.15) is 0 Å². The van der Waals surface area contributed by atoms with Crippen LogP contribution in [0.25, 0.3) is 0 Å². The Morgan fingerprint density at radius 1 is 1.36 bits per heavy atom. The maximum Gasteiger partial charge on any atom is 0.0442 e. The van der Waals surface area contributed by atoms with Crippen LogP contribution in [0.1, 0.15) is 19.8 Å². The molecule has 0 aliphatic rings. The topological polar surface area (TPSA) is 117 Å². The van der Waals surface area contributed by atoms with Gasteiger partial charge in [-0.3, -0.25) is 0 Å². The minimum absolute atomic E-state index is 0. The molecular formula is C6H12NO4-. The van der Waals surface area contributed by atoms with Crippen LogP contribution in [-0.2, 0) is 9.59 Å². The predicted molar refractivity (Wildman–Crippen MR) is 34.4 cm³/mol. The van der Waals surface area contributed by atoms with E-state index in [2.05, 4.69) is 0 Å². The lowest BCUT2D eigenvalue weighted by atomic mass is 10.1. The smallest absolute Gasteiger partial charge is 0.0442 e. The van der Waals surface area contributed by atoms with Crippen LogP contribution in [0.3, 0.4) is 0 Å². The van der Waals surface area contributed by atoms with Gasteiger partial charge >= 0.3 is 0 Å². The third-order valence-electron chi connectivity index (χ3n) is 1.18. The van der Waals surface area contributed by atoms with E-state index >= 15 is 0 Å². The van der Waals surface area contributed by atoms with Crippen LogP contribution in [0, 0.1) is 5.92 Å². The molecule has 0 spiro atoms. The van der Waals surface area contributed by atoms with Crippen molar-refractivity contribution < 1.29 is 19.8 Å². The lowest BCUT2D eigenvalue weighted by Gasteiger charge is -2.11. The fraction of sp³-hybridized carbons (Fsp3) is 0.667. The van der Waals surface area contributed by atoms with Crippen LogP contribution >= 0.6 is 0 Å². The lowest BCUT2D eigenvalue weighted by molar-refractivity contribution is -0.312. The molecule has 11 heavy (non-hydrogen) atoms. The molecular weight excluding hydrogens is 150 g/mol. The minimum Gasteiger partial charge on any atom is -0.550 e. The van der Waals surface area contributed by atoms with Crippen molar-refractivity contribution >= 4 is 11.9 Å². The zero-order valence-corrected chi connectivity index (χ0v) is 6.62. The monoisotopic (exact) mass is 162 g/mol. The van der Waals surface area contributed by atoms with E-state index in [0.717, 1.165) is 0 Å². The SMILES string of the molecule is CC(CCC(=O)[O-])C(=O)[O-].[NH4+]. The van der Waals surface area contributed by atoms with Crippen molar-refractivity contribution in [2.75, 3.05) is 0 Å². The second-order valence-electron chi connectivity index (χ2n) is 2.13. The second kappa shape index (κ2) is 5.67. The number of hydrogen-bond acceptors (Lipinski definition) is 4. The molecule has 1 unspecified atom stereocenters.